The number of aliphatic hydroxyl groups is 3. The molecule has 176 valence electrons. The molecule has 0 amide bonds. The normalized spacial score (nSPS) is 22.6. The molecule has 14 heteroatoms. The molecule has 4 aromatic rings. The summed E-state index contributed by atoms with van der Waals surface area (Å²) in [7, 11) is 0. The zero-order valence-corrected chi connectivity index (χ0v) is 18.2. The van der Waals surface area contributed by atoms with E-state index in [1.807, 2.05) is 0 Å². The summed E-state index contributed by atoms with van der Waals surface area (Å²) in [5.41, 5.74) is 7.72. The molecule has 4 heterocycles. The lowest BCUT2D eigenvalue weighted by atomic mass is 10.1. The van der Waals surface area contributed by atoms with Gasteiger partial charge in [-0.25, -0.2) is 19.9 Å². The van der Waals surface area contributed by atoms with E-state index in [2.05, 4.69) is 19.9 Å². The number of non-ortho nitro benzene ring substituents is 1. The molecule has 0 radical (unpaired) electrons. The first-order chi connectivity index (χ1) is 16.4. The van der Waals surface area contributed by atoms with Crippen LogP contribution in [0.1, 0.15) is 11.8 Å². The molecule has 5 rings (SSSR count). The van der Waals surface area contributed by atoms with Crippen LogP contribution in [0.25, 0.3) is 22.1 Å². The topological polar surface area (TPSA) is 196 Å². The second-order valence-electron chi connectivity index (χ2n) is 7.65. The third-order valence-corrected chi connectivity index (χ3v) is 6.71. The SMILES string of the molecule is Nc1ncnc2c1c1c(SCc3ccc([N+](=O)[O-])cc3)ncnc1n2[C@@H]1O[C@H](CO)[C@@H](O)[C@H]1O. The summed E-state index contributed by atoms with van der Waals surface area (Å²) in [6, 6.07) is 6.21. The Hall–Kier alpha value is -3.43. The average Bonchev–Trinajstić information content (AvgIpc) is 3.32. The molecule has 1 fully saturated rings. The molecular formula is C20H19N7O6S. The van der Waals surface area contributed by atoms with Crippen LogP contribution in [-0.2, 0) is 10.5 Å². The quantitative estimate of drug-likeness (QED) is 0.130. The van der Waals surface area contributed by atoms with Crippen LogP contribution in [0.15, 0.2) is 41.9 Å². The Bertz CT molecular complexity index is 1380. The van der Waals surface area contributed by atoms with Gasteiger partial charge in [0.1, 0.15) is 53.1 Å². The average molecular weight is 485 g/mol. The highest BCUT2D eigenvalue weighted by atomic mass is 32.2. The maximum absolute atomic E-state index is 10.9. The predicted octanol–water partition coefficient (Wildman–Crippen LogP) is 0.769. The minimum absolute atomic E-state index is 0.00432. The van der Waals surface area contributed by atoms with Crippen LogP contribution in [0, 0.1) is 10.1 Å². The Balaban J connectivity index is 1.59. The van der Waals surface area contributed by atoms with Crippen molar-refractivity contribution in [3.05, 3.63) is 52.6 Å². The van der Waals surface area contributed by atoms with Crippen molar-refractivity contribution < 1.29 is 25.0 Å². The number of benzene rings is 1. The Morgan fingerprint density at radius 3 is 2.38 bits per heavy atom. The second-order valence-corrected chi connectivity index (χ2v) is 8.61. The molecule has 34 heavy (non-hydrogen) atoms. The molecule has 1 aliphatic heterocycles. The third kappa shape index (κ3) is 3.61. The zero-order chi connectivity index (χ0) is 24.0. The first kappa shape index (κ1) is 22.4. The first-order valence-electron chi connectivity index (χ1n) is 10.1. The van der Waals surface area contributed by atoms with Gasteiger partial charge in [-0.2, -0.15) is 0 Å². The summed E-state index contributed by atoms with van der Waals surface area (Å²) in [4.78, 5) is 27.6. The lowest BCUT2D eigenvalue weighted by Crippen LogP contribution is -2.33. The molecule has 0 bridgehead atoms. The van der Waals surface area contributed by atoms with Crippen LogP contribution in [-0.4, -0.2) is 69.7 Å². The van der Waals surface area contributed by atoms with E-state index in [0.717, 1.165) is 5.56 Å². The molecule has 13 nitrogen and oxygen atoms in total. The molecule has 4 atom stereocenters. The standard InChI is InChI=1S/C20H19N7O6S/c21-16-12-13-18(24-8-25-19(13)34-6-9-1-3-10(4-2-9)27(31)32)26(17(12)23-7-22-16)20-15(30)14(29)11(5-28)33-20/h1-4,7-8,11,14-15,20,28-30H,5-6H2,(H2,21,22,23)/t11-,14-,15-,20-/m1/s1. The fourth-order valence-corrected chi connectivity index (χ4v) is 4.94. The van der Waals surface area contributed by atoms with E-state index >= 15 is 0 Å². The van der Waals surface area contributed by atoms with Gasteiger partial charge in [0.2, 0.25) is 0 Å². The number of nitrogens with zero attached hydrogens (tertiary/aromatic N) is 6. The fourth-order valence-electron chi connectivity index (χ4n) is 3.98. The highest BCUT2D eigenvalue weighted by molar-refractivity contribution is 7.98. The van der Waals surface area contributed by atoms with Crippen molar-refractivity contribution in [1.82, 2.24) is 24.5 Å². The zero-order valence-electron chi connectivity index (χ0n) is 17.4. The van der Waals surface area contributed by atoms with Crippen molar-refractivity contribution >= 4 is 45.3 Å². The van der Waals surface area contributed by atoms with E-state index in [4.69, 9.17) is 10.5 Å². The lowest BCUT2D eigenvalue weighted by molar-refractivity contribution is -0.384. The minimum Gasteiger partial charge on any atom is -0.394 e. The van der Waals surface area contributed by atoms with Crippen LogP contribution in [0.5, 0.6) is 0 Å². The van der Waals surface area contributed by atoms with E-state index in [1.165, 1.54) is 41.1 Å². The molecule has 1 saturated heterocycles. The number of thioether (sulfide) groups is 1. The molecule has 0 saturated carbocycles. The maximum Gasteiger partial charge on any atom is 0.269 e. The van der Waals surface area contributed by atoms with Gasteiger partial charge in [-0.15, -0.1) is 11.8 Å². The van der Waals surface area contributed by atoms with Gasteiger partial charge < -0.3 is 25.8 Å². The van der Waals surface area contributed by atoms with Crippen molar-refractivity contribution in [2.75, 3.05) is 12.3 Å². The smallest absolute Gasteiger partial charge is 0.269 e. The number of nitrogens with two attached hydrogens (primary N) is 1. The summed E-state index contributed by atoms with van der Waals surface area (Å²) in [6.07, 6.45) is -2.10. The number of fused-ring (bicyclic) bond motifs is 3. The van der Waals surface area contributed by atoms with Crippen molar-refractivity contribution in [2.24, 2.45) is 0 Å². The monoisotopic (exact) mass is 485 g/mol. The van der Waals surface area contributed by atoms with E-state index in [9.17, 15) is 25.4 Å². The van der Waals surface area contributed by atoms with Crippen molar-refractivity contribution in [2.45, 2.75) is 35.3 Å². The minimum atomic E-state index is -1.35. The van der Waals surface area contributed by atoms with Gasteiger partial charge in [0.15, 0.2) is 6.23 Å². The van der Waals surface area contributed by atoms with Crippen LogP contribution in [0.3, 0.4) is 0 Å². The number of aromatic nitrogens is 5. The Morgan fingerprint density at radius 1 is 1.06 bits per heavy atom. The number of aliphatic hydroxyl groups excluding tert-OH is 3. The van der Waals surface area contributed by atoms with Crippen molar-refractivity contribution in [1.29, 1.82) is 0 Å². The first-order valence-corrected chi connectivity index (χ1v) is 11.1. The predicted molar refractivity (Wildman–Crippen MR) is 121 cm³/mol. The Labute approximate surface area is 195 Å². The highest BCUT2D eigenvalue weighted by Crippen LogP contribution is 2.41. The van der Waals surface area contributed by atoms with E-state index in [1.54, 1.807) is 12.1 Å². The highest BCUT2D eigenvalue weighted by Gasteiger charge is 2.45. The van der Waals surface area contributed by atoms with Crippen molar-refractivity contribution in [3.63, 3.8) is 0 Å². The van der Waals surface area contributed by atoms with Gasteiger partial charge in [0, 0.05) is 17.9 Å². The molecule has 0 aliphatic carbocycles. The fraction of sp³-hybridized carbons (Fsp3) is 0.300. The number of hydrogen-bond acceptors (Lipinski definition) is 12. The van der Waals surface area contributed by atoms with Gasteiger partial charge >= 0.3 is 0 Å². The third-order valence-electron chi connectivity index (χ3n) is 5.65. The van der Waals surface area contributed by atoms with Gasteiger partial charge in [-0.05, 0) is 5.56 Å². The van der Waals surface area contributed by atoms with Gasteiger partial charge in [0.25, 0.3) is 5.69 Å². The number of anilines is 1. The summed E-state index contributed by atoms with van der Waals surface area (Å²) < 4.78 is 7.24. The lowest BCUT2D eigenvalue weighted by Gasteiger charge is -2.18. The Kier molecular flexibility index (Phi) is 5.75. The number of ether oxygens (including phenoxy) is 1. The van der Waals surface area contributed by atoms with E-state index < -0.39 is 36.1 Å². The Morgan fingerprint density at radius 2 is 1.74 bits per heavy atom. The number of nitrogen functional groups attached to an aromatic ring is 1. The van der Waals surface area contributed by atoms with Crippen LogP contribution in [0.4, 0.5) is 11.5 Å². The summed E-state index contributed by atoms with van der Waals surface area (Å²) >= 11 is 1.36. The van der Waals surface area contributed by atoms with E-state index in [0.29, 0.717) is 32.8 Å². The molecule has 0 spiro atoms. The molecule has 1 aromatic carbocycles. The van der Waals surface area contributed by atoms with Crippen LogP contribution in [0.2, 0.25) is 0 Å². The molecule has 0 unspecified atom stereocenters. The number of nitro groups is 1. The van der Waals surface area contributed by atoms with E-state index in [-0.39, 0.29) is 11.5 Å². The largest absolute Gasteiger partial charge is 0.394 e. The van der Waals surface area contributed by atoms with Gasteiger partial charge in [-0.3, -0.25) is 14.7 Å². The summed E-state index contributed by atoms with van der Waals surface area (Å²) in [6.45, 7) is -0.478. The molecule has 3 aromatic heterocycles. The number of hydrogen-bond donors (Lipinski definition) is 4. The molecule has 1 aliphatic rings. The maximum atomic E-state index is 10.9. The van der Waals surface area contributed by atoms with Gasteiger partial charge in [-0.1, -0.05) is 12.1 Å². The molecule has 5 N–H and O–H groups in total. The molecular weight excluding hydrogens is 466 g/mol. The summed E-state index contributed by atoms with van der Waals surface area (Å²) in [5, 5.41) is 42.8. The number of rotatable bonds is 6. The summed E-state index contributed by atoms with van der Waals surface area (Å²) in [5.74, 6) is 0.630. The van der Waals surface area contributed by atoms with Crippen LogP contribution >= 0.6 is 11.8 Å². The van der Waals surface area contributed by atoms with Crippen molar-refractivity contribution in [3.8, 4) is 0 Å². The number of nitro benzene ring substituents is 1. The second kappa shape index (κ2) is 8.73. The van der Waals surface area contributed by atoms with Gasteiger partial charge in [0.05, 0.1) is 22.3 Å². The van der Waals surface area contributed by atoms with Crippen LogP contribution < -0.4 is 5.73 Å².